The number of hydrogen-bond donors (Lipinski definition) is 4. The summed E-state index contributed by atoms with van der Waals surface area (Å²) in [7, 11) is 0. The van der Waals surface area contributed by atoms with E-state index in [9.17, 15) is 4.79 Å². The summed E-state index contributed by atoms with van der Waals surface area (Å²) < 4.78 is 1.76. The molecule has 2 atom stereocenters. The van der Waals surface area contributed by atoms with E-state index < -0.39 is 5.91 Å². The van der Waals surface area contributed by atoms with Crippen LogP contribution in [0.5, 0.6) is 0 Å². The second kappa shape index (κ2) is 8.32. The van der Waals surface area contributed by atoms with Gasteiger partial charge in [0.1, 0.15) is 11.6 Å². The molecule has 150 valence electrons. The molecule has 8 nitrogen and oxygen atoms in total. The Bertz CT molecular complexity index is 986. The van der Waals surface area contributed by atoms with Gasteiger partial charge in [0.2, 0.25) is 0 Å². The summed E-state index contributed by atoms with van der Waals surface area (Å²) in [5, 5.41) is 10.9. The molecule has 1 aliphatic carbocycles. The van der Waals surface area contributed by atoms with E-state index in [4.69, 9.17) is 11.5 Å². The standard InChI is InChI=1S/C21H25N7O/c22-17-7-1-2-8-18(17)26-19-10-9-16(20(23)29)21(27-19)25-14-5-3-6-15(13-14)28-12-4-11-24-28/h3-6,9-13,17-18H,1-2,7-8,22H2,(H2,23,29)(H2,25,26,27)/t17-,18+/m0/s1. The summed E-state index contributed by atoms with van der Waals surface area (Å²) in [4.78, 5) is 16.5. The molecule has 1 amide bonds. The molecular weight excluding hydrogens is 366 g/mol. The summed E-state index contributed by atoms with van der Waals surface area (Å²) >= 11 is 0. The van der Waals surface area contributed by atoms with Crippen LogP contribution in [0.3, 0.4) is 0 Å². The second-order valence-electron chi connectivity index (χ2n) is 7.28. The van der Waals surface area contributed by atoms with Gasteiger partial charge in [-0.1, -0.05) is 18.9 Å². The lowest BCUT2D eigenvalue weighted by molar-refractivity contribution is 0.100. The lowest BCUT2D eigenvalue weighted by atomic mass is 9.91. The molecule has 29 heavy (non-hydrogen) atoms. The minimum absolute atomic E-state index is 0.100. The molecule has 0 spiro atoms. The largest absolute Gasteiger partial charge is 0.366 e. The molecule has 0 radical (unpaired) electrons. The first-order chi connectivity index (χ1) is 14.1. The molecule has 0 unspecified atom stereocenters. The van der Waals surface area contributed by atoms with Crippen LogP contribution in [0.4, 0.5) is 17.3 Å². The number of amides is 1. The second-order valence-corrected chi connectivity index (χ2v) is 7.28. The molecule has 4 rings (SSSR count). The van der Waals surface area contributed by atoms with E-state index in [0.29, 0.717) is 17.2 Å². The first-order valence-electron chi connectivity index (χ1n) is 9.80. The molecule has 1 fully saturated rings. The van der Waals surface area contributed by atoms with Crippen molar-refractivity contribution in [2.24, 2.45) is 11.5 Å². The Labute approximate surface area is 169 Å². The molecule has 0 bridgehead atoms. The van der Waals surface area contributed by atoms with Crippen LogP contribution in [0.1, 0.15) is 36.0 Å². The molecule has 6 N–H and O–H groups in total. The number of primary amides is 1. The number of aromatic nitrogens is 3. The monoisotopic (exact) mass is 391 g/mol. The fraction of sp³-hybridized carbons (Fsp3) is 0.286. The van der Waals surface area contributed by atoms with Crippen molar-refractivity contribution < 1.29 is 4.79 Å². The van der Waals surface area contributed by atoms with Gasteiger partial charge in [0.05, 0.1) is 11.3 Å². The van der Waals surface area contributed by atoms with Crippen molar-refractivity contribution in [2.75, 3.05) is 10.6 Å². The Hall–Kier alpha value is -3.39. The van der Waals surface area contributed by atoms with Gasteiger partial charge in [-0.3, -0.25) is 4.79 Å². The first-order valence-corrected chi connectivity index (χ1v) is 9.80. The maximum absolute atomic E-state index is 11.9. The molecule has 0 aliphatic heterocycles. The van der Waals surface area contributed by atoms with E-state index >= 15 is 0 Å². The van der Waals surface area contributed by atoms with Gasteiger partial charge in [-0.2, -0.15) is 5.10 Å². The third-order valence-corrected chi connectivity index (χ3v) is 5.19. The van der Waals surface area contributed by atoms with Crippen molar-refractivity contribution in [3.8, 4) is 5.69 Å². The molecule has 1 aromatic carbocycles. The van der Waals surface area contributed by atoms with E-state index in [1.54, 1.807) is 23.0 Å². The zero-order valence-corrected chi connectivity index (χ0v) is 16.1. The molecule has 2 heterocycles. The van der Waals surface area contributed by atoms with Gasteiger partial charge in [-0.15, -0.1) is 0 Å². The topological polar surface area (TPSA) is 124 Å². The fourth-order valence-corrected chi connectivity index (χ4v) is 3.65. The molecule has 3 aromatic rings. The van der Waals surface area contributed by atoms with E-state index in [1.807, 2.05) is 36.5 Å². The van der Waals surface area contributed by atoms with Gasteiger partial charge in [-0.25, -0.2) is 9.67 Å². The van der Waals surface area contributed by atoms with Crippen molar-refractivity contribution >= 4 is 23.2 Å². The normalized spacial score (nSPS) is 18.9. The average molecular weight is 391 g/mol. The van der Waals surface area contributed by atoms with Gasteiger partial charge in [-0.05, 0) is 49.2 Å². The quantitative estimate of drug-likeness (QED) is 0.512. The average Bonchev–Trinajstić information content (AvgIpc) is 3.25. The van der Waals surface area contributed by atoms with Crippen molar-refractivity contribution in [1.29, 1.82) is 0 Å². The van der Waals surface area contributed by atoms with Crippen molar-refractivity contribution in [3.05, 3.63) is 60.4 Å². The van der Waals surface area contributed by atoms with Gasteiger partial charge >= 0.3 is 0 Å². The zero-order chi connectivity index (χ0) is 20.2. The van der Waals surface area contributed by atoms with Crippen LogP contribution >= 0.6 is 0 Å². The van der Waals surface area contributed by atoms with Crippen LogP contribution in [0.15, 0.2) is 54.9 Å². The van der Waals surface area contributed by atoms with Gasteiger partial charge in [0.15, 0.2) is 0 Å². The summed E-state index contributed by atoms with van der Waals surface area (Å²) in [6.45, 7) is 0. The summed E-state index contributed by atoms with van der Waals surface area (Å²) in [6.07, 6.45) is 7.91. The Morgan fingerprint density at radius 3 is 2.76 bits per heavy atom. The number of pyridine rings is 1. The number of nitrogens with one attached hydrogen (secondary N) is 2. The van der Waals surface area contributed by atoms with Crippen LogP contribution in [0.2, 0.25) is 0 Å². The number of hydrogen-bond acceptors (Lipinski definition) is 6. The Morgan fingerprint density at radius 2 is 2.00 bits per heavy atom. The van der Waals surface area contributed by atoms with E-state index in [2.05, 4.69) is 20.7 Å². The SMILES string of the molecule is NC(=O)c1ccc(N[C@@H]2CCCC[C@@H]2N)nc1Nc1cccc(-n2cccn2)c1. The smallest absolute Gasteiger partial charge is 0.252 e. The van der Waals surface area contributed by atoms with E-state index in [1.165, 1.54) is 0 Å². The van der Waals surface area contributed by atoms with Crippen molar-refractivity contribution in [1.82, 2.24) is 14.8 Å². The highest BCUT2D eigenvalue weighted by atomic mass is 16.1. The predicted molar refractivity (Wildman–Crippen MR) is 113 cm³/mol. The molecule has 1 saturated carbocycles. The van der Waals surface area contributed by atoms with Gasteiger partial charge < -0.3 is 22.1 Å². The third kappa shape index (κ3) is 4.38. The number of rotatable bonds is 6. The van der Waals surface area contributed by atoms with Crippen LogP contribution in [-0.4, -0.2) is 32.8 Å². The highest BCUT2D eigenvalue weighted by molar-refractivity contribution is 5.98. The van der Waals surface area contributed by atoms with Crippen LogP contribution in [0.25, 0.3) is 5.69 Å². The van der Waals surface area contributed by atoms with Crippen LogP contribution in [-0.2, 0) is 0 Å². The Morgan fingerprint density at radius 1 is 1.14 bits per heavy atom. The van der Waals surface area contributed by atoms with Crippen LogP contribution in [0, 0.1) is 0 Å². The minimum atomic E-state index is -0.538. The maximum Gasteiger partial charge on any atom is 0.252 e. The van der Waals surface area contributed by atoms with Crippen molar-refractivity contribution in [3.63, 3.8) is 0 Å². The highest BCUT2D eigenvalue weighted by Gasteiger charge is 2.22. The number of carbonyl (C=O) groups excluding carboxylic acids is 1. The molecule has 8 heteroatoms. The predicted octanol–water partition coefficient (Wildman–Crippen LogP) is 2.79. The molecular formula is C21H25N7O. The third-order valence-electron chi connectivity index (χ3n) is 5.19. The number of anilines is 3. The summed E-state index contributed by atoms with van der Waals surface area (Å²) in [5.41, 5.74) is 13.8. The summed E-state index contributed by atoms with van der Waals surface area (Å²) in [6, 6.07) is 13.3. The lowest BCUT2D eigenvalue weighted by Gasteiger charge is -2.29. The molecule has 1 aliphatic rings. The Kier molecular flexibility index (Phi) is 5.44. The van der Waals surface area contributed by atoms with Gasteiger partial charge in [0, 0.05) is 30.2 Å². The highest BCUT2D eigenvalue weighted by Crippen LogP contribution is 2.25. The van der Waals surface area contributed by atoms with E-state index in [0.717, 1.165) is 37.1 Å². The lowest BCUT2D eigenvalue weighted by Crippen LogP contribution is -2.42. The summed E-state index contributed by atoms with van der Waals surface area (Å²) in [5.74, 6) is 0.539. The zero-order valence-electron chi connectivity index (χ0n) is 16.1. The number of nitrogens with zero attached hydrogens (tertiary/aromatic N) is 3. The van der Waals surface area contributed by atoms with Crippen molar-refractivity contribution in [2.45, 2.75) is 37.8 Å². The first kappa shape index (κ1) is 18.9. The number of nitrogens with two attached hydrogens (primary N) is 2. The van der Waals surface area contributed by atoms with Crippen LogP contribution < -0.4 is 22.1 Å². The van der Waals surface area contributed by atoms with E-state index in [-0.39, 0.29) is 12.1 Å². The number of carbonyl (C=O) groups is 1. The number of benzene rings is 1. The van der Waals surface area contributed by atoms with Gasteiger partial charge in [0.25, 0.3) is 5.91 Å². The Balaban J connectivity index is 1.60. The maximum atomic E-state index is 11.9. The fourth-order valence-electron chi connectivity index (χ4n) is 3.65. The molecule has 0 saturated heterocycles. The minimum Gasteiger partial charge on any atom is -0.366 e. The molecule has 2 aromatic heterocycles.